The molecule has 0 amide bonds. The average Bonchev–Trinajstić information content (AvgIpc) is 2.45. The van der Waals surface area contributed by atoms with Crippen LogP contribution in [0.1, 0.15) is 12.8 Å². The van der Waals surface area contributed by atoms with Gasteiger partial charge >= 0.3 is 0 Å². The molecule has 108 valence electrons. The lowest BCUT2D eigenvalue weighted by Gasteiger charge is -2.07. The van der Waals surface area contributed by atoms with Crippen LogP contribution in [0.15, 0.2) is 40.4 Å². The lowest BCUT2D eigenvalue weighted by Crippen LogP contribution is -2.32. The third-order valence-corrected chi connectivity index (χ3v) is 2.55. The molecule has 0 unspecified atom stereocenters. The molecule has 0 saturated carbocycles. The number of aliphatic imine (C=N–C) groups is 1. The summed E-state index contributed by atoms with van der Waals surface area (Å²) in [4.78, 5) is 4.13. The van der Waals surface area contributed by atoms with Gasteiger partial charge in [-0.3, -0.25) is 15.8 Å². The second kappa shape index (κ2) is 8.52. The summed E-state index contributed by atoms with van der Waals surface area (Å²) < 4.78 is 0. The van der Waals surface area contributed by atoms with E-state index in [1.807, 2.05) is 30.3 Å². The molecular formula is C13H21N7. The molecule has 0 aliphatic carbocycles. The third kappa shape index (κ3) is 5.85. The van der Waals surface area contributed by atoms with E-state index in [0.29, 0.717) is 18.8 Å². The minimum atomic E-state index is -0.0348. The summed E-state index contributed by atoms with van der Waals surface area (Å²) in [6.07, 6.45) is 1.44. The first-order valence-electron chi connectivity index (χ1n) is 6.31. The molecule has 7 N–H and O–H groups in total. The number of rotatable bonds is 7. The SMILES string of the molecule is C/N=C(CCCNC(=N)N)\C(N)=N/Nc1ccccc1. The highest BCUT2D eigenvalue weighted by Crippen LogP contribution is 2.04. The van der Waals surface area contributed by atoms with E-state index >= 15 is 0 Å². The van der Waals surface area contributed by atoms with Crippen LogP contribution in [0.5, 0.6) is 0 Å². The molecule has 0 aromatic heterocycles. The van der Waals surface area contributed by atoms with Crippen LogP contribution >= 0.6 is 0 Å². The summed E-state index contributed by atoms with van der Waals surface area (Å²) >= 11 is 0. The number of hydrazone groups is 1. The van der Waals surface area contributed by atoms with Crippen molar-refractivity contribution in [3.05, 3.63) is 30.3 Å². The zero-order valence-corrected chi connectivity index (χ0v) is 11.6. The van der Waals surface area contributed by atoms with Gasteiger partial charge in [-0.25, -0.2) is 0 Å². The molecule has 20 heavy (non-hydrogen) atoms. The zero-order valence-electron chi connectivity index (χ0n) is 11.6. The zero-order chi connectivity index (χ0) is 14.8. The number of nitrogens with one attached hydrogen (secondary N) is 3. The number of para-hydroxylation sites is 1. The van der Waals surface area contributed by atoms with E-state index in [0.717, 1.165) is 17.8 Å². The van der Waals surface area contributed by atoms with Crippen molar-refractivity contribution in [3.8, 4) is 0 Å². The van der Waals surface area contributed by atoms with Gasteiger partial charge in [0.2, 0.25) is 0 Å². The number of nitrogens with zero attached hydrogens (tertiary/aromatic N) is 2. The summed E-state index contributed by atoms with van der Waals surface area (Å²) in [5.74, 6) is 0.326. The summed E-state index contributed by atoms with van der Waals surface area (Å²) in [7, 11) is 1.68. The van der Waals surface area contributed by atoms with E-state index in [-0.39, 0.29) is 5.96 Å². The van der Waals surface area contributed by atoms with Crippen molar-refractivity contribution < 1.29 is 0 Å². The third-order valence-electron chi connectivity index (χ3n) is 2.55. The Hall–Kier alpha value is -2.57. The van der Waals surface area contributed by atoms with Gasteiger partial charge < -0.3 is 16.8 Å². The second-order valence-electron chi connectivity index (χ2n) is 4.09. The van der Waals surface area contributed by atoms with Crippen LogP contribution in [-0.4, -0.2) is 31.1 Å². The first kappa shape index (κ1) is 15.5. The van der Waals surface area contributed by atoms with Gasteiger partial charge in [-0.05, 0) is 25.0 Å². The van der Waals surface area contributed by atoms with E-state index in [2.05, 4.69) is 20.8 Å². The average molecular weight is 275 g/mol. The molecule has 1 rings (SSSR count). The van der Waals surface area contributed by atoms with Crippen LogP contribution in [0, 0.1) is 5.41 Å². The minimum absolute atomic E-state index is 0.0348. The fourth-order valence-electron chi connectivity index (χ4n) is 1.54. The monoisotopic (exact) mass is 275 g/mol. The van der Waals surface area contributed by atoms with Crippen molar-refractivity contribution in [3.63, 3.8) is 0 Å². The molecule has 0 bridgehead atoms. The number of hydrogen-bond donors (Lipinski definition) is 5. The van der Waals surface area contributed by atoms with Crippen molar-refractivity contribution in [2.24, 2.45) is 21.6 Å². The summed E-state index contributed by atoms with van der Waals surface area (Å²) in [5, 5.41) is 13.9. The summed E-state index contributed by atoms with van der Waals surface area (Å²) in [5.41, 5.74) is 15.6. The smallest absolute Gasteiger partial charge is 0.185 e. The quantitative estimate of drug-likeness (QED) is 0.217. The highest BCUT2D eigenvalue weighted by molar-refractivity contribution is 6.40. The molecule has 1 aromatic rings. The van der Waals surface area contributed by atoms with Crippen LogP contribution in [0.25, 0.3) is 0 Å². The number of hydrogen-bond acceptors (Lipinski definition) is 4. The predicted molar refractivity (Wildman–Crippen MR) is 84.2 cm³/mol. The van der Waals surface area contributed by atoms with Gasteiger partial charge in [0.15, 0.2) is 11.8 Å². The highest BCUT2D eigenvalue weighted by atomic mass is 15.3. The Kier molecular flexibility index (Phi) is 6.60. The molecular weight excluding hydrogens is 254 g/mol. The van der Waals surface area contributed by atoms with Crippen LogP contribution in [0.2, 0.25) is 0 Å². The maximum atomic E-state index is 7.05. The standard InChI is InChI=1S/C13H21N7/c1-17-11(8-5-9-18-13(15)16)12(14)20-19-10-6-3-2-4-7-10/h2-4,6-7,19H,5,8-9H2,1H3,(H2,14,20)(H4,15,16,18)/b17-11-. The van der Waals surface area contributed by atoms with Gasteiger partial charge in [-0.2, -0.15) is 5.10 Å². The topological polar surface area (TPSA) is 125 Å². The first-order valence-corrected chi connectivity index (χ1v) is 6.31. The molecule has 0 atom stereocenters. The summed E-state index contributed by atoms with van der Waals surface area (Å²) in [6, 6.07) is 9.55. The van der Waals surface area contributed by atoms with Gasteiger partial charge in [0.25, 0.3) is 0 Å². The van der Waals surface area contributed by atoms with E-state index in [9.17, 15) is 0 Å². The van der Waals surface area contributed by atoms with E-state index in [1.165, 1.54) is 0 Å². The Morgan fingerprint density at radius 2 is 1.95 bits per heavy atom. The maximum Gasteiger partial charge on any atom is 0.185 e. The van der Waals surface area contributed by atoms with E-state index in [1.54, 1.807) is 7.05 Å². The number of nitrogens with two attached hydrogens (primary N) is 2. The fraction of sp³-hybridized carbons (Fsp3) is 0.308. The van der Waals surface area contributed by atoms with Crippen LogP contribution in [0.3, 0.4) is 0 Å². The molecule has 0 spiro atoms. The van der Waals surface area contributed by atoms with Crippen LogP contribution < -0.4 is 22.2 Å². The van der Waals surface area contributed by atoms with Gasteiger partial charge in [0, 0.05) is 13.6 Å². The number of anilines is 1. The van der Waals surface area contributed by atoms with Crippen LogP contribution in [0.4, 0.5) is 5.69 Å². The Morgan fingerprint density at radius 1 is 1.25 bits per heavy atom. The largest absolute Gasteiger partial charge is 0.381 e. The minimum Gasteiger partial charge on any atom is -0.381 e. The number of benzene rings is 1. The Morgan fingerprint density at radius 3 is 2.55 bits per heavy atom. The normalized spacial score (nSPS) is 12.1. The van der Waals surface area contributed by atoms with Crippen molar-refractivity contribution in [1.82, 2.24) is 5.32 Å². The molecule has 0 saturated heterocycles. The van der Waals surface area contributed by atoms with Gasteiger partial charge in [0.05, 0.1) is 11.4 Å². The molecule has 0 radical (unpaired) electrons. The van der Waals surface area contributed by atoms with Crippen molar-refractivity contribution >= 4 is 23.2 Å². The maximum absolute atomic E-state index is 7.05. The highest BCUT2D eigenvalue weighted by Gasteiger charge is 2.04. The van der Waals surface area contributed by atoms with E-state index in [4.69, 9.17) is 16.9 Å². The first-order chi connectivity index (χ1) is 9.63. The molecule has 1 aromatic carbocycles. The Labute approximate surface area is 118 Å². The number of guanidine groups is 1. The molecule has 7 heteroatoms. The molecule has 0 aliphatic heterocycles. The molecule has 7 nitrogen and oxygen atoms in total. The predicted octanol–water partition coefficient (Wildman–Crippen LogP) is 0.705. The van der Waals surface area contributed by atoms with Crippen LogP contribution in [-0.2, 0) is 0 Å². The molecule has 0 fully saturated rings. The lowest BCUT2D eigenvalue weighted by molar-refractivity contribution is 0.797. The van der Waals surface area contributed by atoms with Gasteiger partial charge in [-0.15, -0.1) is 0 Å². The Bertz CT molecular complexity index is 479. The van der Waals surface area contributed by atoms with Gasteiger partial charge in [0.1, 0.15) is 0 Å². The second-order valence-corrected chi connectivity index (χ2v) is 4.09. The van der Waals surface area contributed by atoms with E-state index < -0.39 is 0 Å². The summed E-state index contributed by atoms with van der Waals surface area (Å²) in [6.45, 7) is 0.605. The van der Waals surface area contributed by atoms with Crippen molar-refractivity contribution in [1.29, 1.82) is 5.41 Å². The van der Waals surface area contributed by atoms with Crippen molar-refractivity contribution in [2.75, 3.05) is 19.0 Å². The number of amidine groups is 1. The van der Waals surface area contributed by atoms with Gasteiger partial charge in [-0.1, -0.05) is 18.2 Å². The van der Waals surface area contributed by atoms with Crippen molar-refractivity contribution in [2.45, 2.75) is 12.8 Å². The fourth-order valence-corrected chi connectivity index (χ4v) is 1.54. The molecule has 0 aliphatic rings. The Balaban J connectivity index is 2.46. The lowest BCUT2D eigenvalue weighted by atomic mass is 10.2. The molecule has 0 heterocycles.